The minimum atomic E-state index is 1.13. The lowest BCUT2D eigenvalue weighted by Gasteiger charge is -2.28. The van der Waals surface area contributed by atoms with Crippen molar-refractivity contribution in [3.8, 4) is 22.3 Å². The zero-order valence-corrected chi connectivity index (χ0v) is 28.1. The first-order valence-electron chi connectivity index (χ1n) is 17.1. The average molecular weight is 654 g/mol. The summed E-state index contributed by atoms with van der Waals surface area (Å²) in [6, 6.07) is 68.7. The molecule has 0 spiro atoms. The van der Waals surface area contributed by atoms with Gasteiger partial charge in [0.1, 0.15) is 0 Å². The van der Waals surface area contributed by atoms with Gasteiger partial charge in [0.25, 0.3) is 0 Å². The summed E-state index contributed by atoms with van der Waals surface area (Å²) in [4.78, 5) is 2.47. The van der Waals surface area contributed by atoms with Crippen LogP contribution in [0.2, 0.25) is 0 Å². The quantitative estimate of drug-likeness (QED) is 0.167. The topological polar surface area (TPSA) is 3.24 Å². The van der Waals surface area contributed by atoms with Gasteiger partial charge in [-0.15, -0.1) is 11.3 Å². The molecule has 2 heteroatoms. The van der Waals surface area contributed by atoms with E-state index in [4.69, 9.17) is 0 Å². The first-order chi connectivity index (χ1) is 24.8. The van der Waals surface area contributed by atoms with Crippen LogP contribution in [0.4, 0.5) is 17.1 Å². The van der Waals surface area contributed by atoms with Crippen LogP contribution in [-0.2, 0) is 0 Å². The summed E-state index contributed by atoms with van der Waals surface area (Å²) in [6.45, 7) is 0. The van der Waals surface area contributed by atoms with Crippen LogP contribution in [0.1, 0.15) is 0 Å². The van der Waals surface area contributed by atoms with E-state index in [1.807, 2.05) is 11.3 Å². The molecule has 0 aliphatic rings. The van der Waals surface area contributed by atoms with Crippen molar-refractivity contribution in [3.63, 3.8) is 0 Å². The van der Waals surface area contributed by atoms with Crippen LogP contribution in [0.3, 0.4) is 0 Å². The number of benzene rings is 9. The first-order valence-corrected chi connectivity index (χ1v) is 17.9. The van der Waals surface area contributed by atoms with E-state index >= 15 is 0 Å². The summed E-state index contributed by atoms with van der Waals surface area (Å²) in [5.41, 5.74) is 8.36. The van der Waals surface area contributed by atoms with Crippen molar-refractivity contribution in [2.45, 2.75) is 0 Å². The summed E-state index contributed by atoms with van der Waals surface area (Å²) in [7, 11) is 0. The van der Waals surface area contributed by atoms with Crippen molar-refractivity contribution in [1.82, 2.24) is 0 Å². The molecule has 0 amide bonds. The Morgan fingerprint density at radius 1 is 0.360 bits per heavy atom. The molecule has 0 N–H and O–H groups in total. The lowest BCUT2D eigenvalue weighted by molar-refractivity contribution is 1.31. The Bertz CT molecular complexity index is 2880. The van der Waals surface area contributed by atoms with Gasteiger partial charge in [0.2, 0.25) is 0 Å². The minimum absolute atomic E-state index is 1.13. The molecule has 0 unspecified atom stereocenters. The van der Waals surface area contributed by atoms with Gasteiger partial charge in [-0.25, -0.2) is 0 Å². The van der Waals surface area contributed by atoms with Gasteiger partial charge in [0.15, 0.2) is 0 Å². The van der Waals surface area contributed by atoms with Crippen LogP contribution in [0.25, 0.3) is 74.7 Å². The second kappa shape index (κ2) is 11.7. The third kappa shape index (κ3) is 4.69. The van der Waals surface area contributed by atoms with Crippen LogP contribution < -0.4 is 4.90 Å². The predicted octanol–water partition coefficient (Wildman–Crippen LogP) is 14.3. The van der Waals surface area contributed by atoms with Crippen LogP contribution in [-0.4, -0.2) is 0 Å². The van der Waals surface area contributed by atoms with Crippen LogP contribution in [0.15, 0.2) is 188 Å². The lowest BCUT2D eigenvalue weighted by Crippen LogP contribution is -2.10. The Kier molecular flexibility index (Phi) is 6.75. The standard InChI is InChI=1S/C48H31NS/c1-2-12-32(13-3-1)35-17-10-18-37(30-35)49(38-26-27-41-36(31-38)25-24-34-15-5-6-19-39(34)41)45-29-28-43(42-22-11-16-33-14-4-7-20-40(33)42)48-47(45)44-21-8-9-23-46(44)50-48/h1-31H. The van der Waals surface area contributed by atoms with Crippen molar-refractivity contribution in [2.75, 3.05) is 4.90 Å². The maximum Gasteiger partial charge on any atom is 0.0555 e. The zero-order valence-electron chi connectivity index (χ0n) is 27.3. The van der Waals surface area contributed by atoms with Gasteiger partial charge in [-0.3, -0.25) is 0 Å². The largest absolute Gasteiger partial charge is 0.310 e. The van der Waals surface area contributed by atoms with Crippen molar-refractivity contribution in [3.05, 3.63) is 188 Å². The molecule has 0 aliphatic carbocycles. The number of hydrogen-bond acceptors (Lipinski definition) is 2. The molecule has 9 aromatic carbocycles. The molecule has 10 aromatic rings. The predicted molar refractivity (Wildman–Crippen MR) is 217 cm³/mol. The minimum Gasteiger partial charge on any atom is -0.310 e. The molecule has 0 bridgehead atoms. The Balaban J connectivity index is 1.27. The number of anilines is 3. The van der Waals surface area contributed by atoms with Crippen molar-refractivity contribution >= 4 is 80.9 Å². The van der Waals surface area contributed by atoms with Gasteiger partial charge in [-0.2, -0.15) is 0 Å². The summed E-state index contributed by atoms with van der Waals surface area (Å²) in [5, 5.41) is 10.1. The third-order valence-corrected chi connectivity index (χ3v) is 11.2. The Morgan fingerprint density at radius 2 is 1.00 bits per heavy atom. The maximum atomic E-state index is 2.47. The normalized spacial score (nSPS) is 11.6. The van der Waals surface area contributed by atoms with Crippen LogP contribution in [0.5, 0.6) is 0 Å². The van der Waals surface area contributed by atoms with E-state index < -0.39 is 0 Å². The van der Waals surface area contributed by atoms with Gasteiger partial charge in [0, 0.05) is 37.1 Å². The summed E-state index contributed by atoms with van der Waals surface area (Å²) < 4.78 is 2.59. The van der Waals surface area contributed by atoms with Gasteiger partial charge in [-0.05, 0) is 85.4 Å². The average Bonchev–Trinajstić information content (AvgIpc) is 3.58. The van der Waals surface area contributed by atoms with E-state index in [0.717, 1.165) is 11.4 Å². The SMILES string of the molecule is c1ccc(-c2cccc(N(c3ccc4c(ccc5ccccc54)c3)c3ccc(-c4cccc5ccccc45)c4sc5ccccc5c34)c2)cc1. The maximum absolute atomic E-state index is 2.47. The van der Waals surface area contributed by atoms with E-state index in [1.54, 1.807) is 0 Å². The highest BCUT2D eigenvalue weighted by Gasteiger charge is 2.22. The fraction of sp³-hybridized carbons (Fsp3) is 0. The molecule has 0 saturated carbocycles. The number of thiophene rings is 1. The van der Waals surface area contributed by atoms with E-state index in [1.165, 1.54) is 80.4 Å². The zero-order chi connectivity index (χ0) is 33.0. The molecule has 0 radical (unpaired) electrons. The monoisotopic (exact) mass is 653 g/mol. The Hall–Kier alpha value is -6.22. The molecule has 1 aromatic heterocycles. The second-order valence-electron chi connectivity index (χ2n) is 12.9. The highest BCUT2D eigenvalue weighted by molar-refractivity contribution is 7.26. The van der Waals surface area contributed by atoms with Crippen molar-refractivity contribution in [1.29, 1.82) is 0 Å². The van der Waals surface area contributed by atoms with Gasteiger partial charge >= 0.3 is 0 Å². The Labute approximate surface area is 294 Å². The molecular weight excluding hydrogens is 623 g/mol. The fourth-order valence-corrected chi connectivity index (χ4v) is 8.94. The molecule has 0 saturated heterocycles. The van der Waals surface area contributed by atoms with Gasteiger partial charge in [-0.1, -0.05) is 152 Å². The van der Waals surface area contributed by atoms with E-state index in [-0.39, 0.29) is 0 Å². The van der Waals surface area contributed by atoms with Crippen LogP contribution >= 0.6 is 11.3 Å². The second-order valence-corrected chi connectivity index (χ2v) is 14.0. The van der Waals surface area contributed by atoms with Crippen molar-refractivity contribution in [2.24, 2.45) is 0 Å². The van der Waals surface area contributed by atoms with E-state index in [0.29, 0.717) is 0 Å². The van der Waals surface area contributed by atoms with Gasteiger partial charge < -0.3 is 4.90 Å². The molecule has 1 heterocycles. The fourth-order valence-electron chi connectivity index (χ4n) is 7.69. The van der Waals surface area contributed by atoms with Crippen molar-refractivity contribution < 1.29 is 0 Å². The molecule has 50 heavy (non-hydrogen) atoms. The number of hydrogen-bond donors (Lipinski definition) is 0. The molecule has 0 aliphatic heterocycles. The molecule has 0 atom stereocenters. The smallest absolute Gasteiger partial charge is 0.0555 e. The Morgan fingerprint density at radius 3 is 1.88 bits per heavy atom. The highest BCUT2D eigenvalue weighted by Crippen LogP contribution is 2.49. The highest BCUT2D eigenvalue weighted by atomic mass is 32.1. The first kappa shape index (κ1) is 28.8. The molecular formula is C48H31NS. The van der Waals surface area contributed by atoms with E-state index in [9.17, 15) is 0 Å². The lowest BCUT2D eigenvalue weighted by atomic mass is 9.95. The summed E-state index contributed by atoms with van der Waals surface area (Å²) >= 11 is 1.89. The number of fused-ring (bicyclic) bond motifs is 7. The number of nitrogens with zero attached hydrogens (tertiary/aromatic N) is 1. The molecule has 10 rings (SSSR count). The summed E-state index contributed by atoms with van der Waals surface area (Å²) in [6.07, 6.45) is 0. The molecule has 234 valence electrons. The molecule has 0 fully saturated rings. The third-order valence-electron chi connectivity index (χ3n) is 10.0. The summed E-state index contributed by atoms with van der Waals surface area (Å²) in [5.74, 6) is 0. The molecule has 1 nitrogen and oxygen atoms in total. The van der Waals surface area contributed by atoms with E-state index in [2.05, 4.69) is 193 Å². The van der Waals surface area contributed by atoms with Gasteiger partial charge in [0.05, 0.1) is 5.69 Å². The van der Waals surface area contributed by atoms with Crippen LogP contribution in [0, 0.1) is 0 Å². The number of rotatable bonds is 5.